The average Bonchev–Trinajstić information content (AvgIpc) is 2.65. The van der Waals surface area contributed by atoms with Crippen molar-refractivity contribution in [2.75, 3.05) is 39.0 Å². The predicted molar refractivity (Wildman–Crippen MR) is 78.0 cm³/mol. The molecule has 1 aliphatic heterocycles. The number of nitrogens with zero attached hydrogens (tertiary/aromatic N) is 2. The number of carbonyl (C=O) groups is 2. The monoisotopic (exact) mass is 316 g/mol. The van der Waals surface area contributed by atoms with Crippen LogP contribution in [0.15, 0.2) is 4.99 Å². The number of hydrogen-bond acceptors (Lipinski definition) is 7. The summed E-state index contributed by atoms with van der Waals surface area (Å²) in [6.45, 7) is 5.73. The molecule has 0 saturated heterocycles. The van der Waals surface area contributed by atoms with Gasteiger partial charge in [0.2, 0.25) is 11.6 Å². The second kappa shape index (κ2) is 6.92. The Hall–Kier alpha value is -0.880. The van der Waals surface area contributed by atoms with Crippen LogP contribution in [0.4, 0.5) is 0 Å². The van der Waals surface area contributed by atoms with E-state index in [2.05, 4.69) is 4.99 Å². The number of Topliss-reactive ketones (excluding diaryl/α,β-unsaturated/α-hetero) is 2. The first-order valence-corrected chi connectivity index (χ1v) is 9.00. The van der Waals surface area contributed by atoms with Gasteiger partial charge in [0.1, 0.15) is 11.8 Å². The summed E-state index contributed by atoms with van der Waals surface area (Å²) in [5.41, 5.74) is 0.347. The lowest BCUT2D eigenvalue weighted by Crippen LogP contribution is -2.62. The molecular weight excluding hydrogens is 295 g/mol. The minimum Gasteiger partial charge on any atom is -0.309 e. The highest BCUT2D eigenvalue weighted by Gasteiger charge is 2.49. The summed E-state index contributed by atoms with van der Waals surface area (Å²) in [5, 5.41) is 0. The van der Waals surface area contributed by atoms with Crippen molar-refractivity contribution in [1.29, 1.82) is 0 Å². The van der Waals surface area contributed by atoms with Crippen molar-refractivity contribution in [3.63, 3.8) is 0 Å². The van der Waals surface area contributed by atoms with Gasteiger partial charge in [-0.05, 0) is 20.3 Å². The molecule has 118 valence electrons. The lowest BCUT2D eigenvalue weighted by molar-refractivity contribution is -0.138. The van der Waals surface area contributed by atoms with Gasteiger partial charge in [-0.15, -0.1) is 0 Å². The van der Waals surface area contributed by atoms with Crippen LogP contribution in [0, 0.1) is 0 Å². The quantitative estimate of drug-likeness (QED) is 0.513. The van der Waals surface area contributed by atoms with Crippen LogP contribution in [-0.4, -0.2) is 67.2 Å². The minimum absolute atomic E-state index is 0.208. The largest absolute Gasteiger partial charge is 0.331 e. The molecular formula is C13H21N2O5P. The number of hydrogen-bond donors (Lipinski definition) is 0. The Labute approximate surface area is 124 Å². The molecule has 0 N–H and O–H groups in total. The number of aliphatic imine (C=N–C) groups is 1. The minimum atomic E-state index is -3.14. The summed E-state index contributed by atoms with van der Waals surface area (Å²) < 4.78 is 22.9. The van der Waals surface area contributed by atoms with Gasteiger partial charge in [0.25, 0.3) is 0 Å². The van der Waals surface area contributed by atoms with Crippen molar-refractivity contribution in [3.8, 4) is 0 Å². The van der Waals surface area contributed by atoms with Crippen molar-refractivity contribution in [1.82, 2.24) is 4.90 Å². The van der Waals surface area contributed by atoms with Crippen LogP contribution in [0.2, 0.25) is 0 Å². The Morgan fingerprint density at radius 1 is 1.29 bits per heavy atom. The summed E-state index contributed by atoms with van der Waals surface area (Å²) >= 11 is 0. The van der Waals surface area contributed by atoms with Gasteiger partial charge >= 0.3 is 7.60 Å². The Balaban J connectivity index is 2.01. The first kappa shape index (κ1) is 16.5. The third-order valence-corrected chi connectivity index (χ3v) is 5.58. The molecule has 0 radical (unpaired) electrons. The van der Waals surface area contributed by atoms with Gasteiger partial charge in [0.15, 0.2) is 0 Å². The molecule has 1 unspecified atom stereocenters. The SMILES string of the molecule is CCOP(=O)(CCN1CCCN=C2C(=O)C(=O)C21)OCC. The van der Waals surface area contributed by atoms with E-state index in [1.807, 2.05) is 4.90 Å². The number of fused-ring (bicyclic) bond motifs is 1. The van der Waals surface area contributed by atoms with E-state index in [1.165, 1.54) is 0 Å². The van der Waals surface area contributed by atoms with E-state index in [1.54, 1.807) is 13.8 Å². The first-order valence-electron chi connectivity index (χ1n) is 7.27. The summed E-state index contributed by atoms with van der Waals surface area (Å²) in [6.07, 6.45) is 0.980. The average molecular weight is 316 g/mol. The Morgan fingerprint density at radius 3 is 2.57 bits per heavy atom. The van der Waals surface area contributed by atoms with Gasteiger partial charge < -0.3 is 9.05 Å². The zero-order valence-electron chi connectivity index (χ0n) is 12.4. The third-order valence-electron chi connectivity index (χ3n) is 3.53. The topological polar surface area (TPSA) is 85.3 Å². The van der Waals surface area contributed by atoms with Gasteiger partial charge in [-0.1, -0.05) is 0 Å². The maximum absolute atomic E-state index is 12.4. The molecule has 0 aromatic heterocycles. The lowest BCUT2D eigenvalue weighted by Gasteiger charge is -2.34. The summed E-state index contributed by atoms with van der Waals surface area (Å²) in [4.78, 5) is 29.2. The highest BCUT2D eigenvalue weighted by molar-refractivity contribution is 7.53. The molecule has 2 rings (SSSR count). The van der Waals surface area contributed by atoms with Crippen LogP contribution < -0.4 is 0 Å². The van der Waals surface area contributed by atoms with E-state index >= 15 is 0 Å². The Morgan fingerprint density at radius 2 is 1.95 bits per heavy atom. The zero-order valence-corrected chi connectivity index (χ0v) is 13.3. The predicted octanol–water partition coefficient (Wildman–Crippen LogP) is 0.920. The van der Waals surface area contributed by atoms with E-state index in [-0.39, 0.29) is 6.16 Å². The zero-order chi connectivity index (χ0) is 15.5. The second-order valence-electron chi connectivity index (χ2n) is 4.92. The number of ketones is 2. The molecule has 1 aliphatic carbocycles. The summed E-state index contributed by atoms with van der Waals surface area (Å²) in [6, 6.07) is -0.559. The molecule has 1 fully saturated rings. The highest BCUT2D eigenvalue weighted by atomic mass is 31.2. The van der Waals surface area contributed by atoms with Gasteiger partial charge in [0.05, 0.1) is 19.4 Å². The number of carbonyl (C=O) groups excluding carboxylic acids is 2. The highest BCUT2D eigenvalue weighted by Crippen LogP contribution is 2.47. The van der Waals surface area contributed by atoms with Crippen molar-refractivity contribution in [3.05, 3.63) is 0 Å². The fraction of sp³-hybridized carbons (Fsp3) is 0.769. The summed E-state index contributed by atoms with van der Waals surface area (Å²) in [5.74, 6) is -0.900. The normalized spacial score (nSPS) is 23.3. The molecule has 0 bridgehead atoms. The van der Waals surface area contributed by atoms with Gasteiger partial charge in [-0.25, -0.2) is 0 Å². The molecule has 1 heterocycles. The maximum atomic E-state index is 12.4. The number of rotatable bonds is 7. The van der Waals surface area contributed by atoms with Gasteiger partial charge in [0, 0.05) is 19.6 Å². The van der Waals surface area contributed by atoms with E-state index < -0.39 is 25.2 Å². The van der Waals surface area contributed by atoms with E-state index in [0.29, 0.717) is 38.6 Å². The van der Waals surface area contributed by atoms with Gasteiger partial charge in [-0.2, -0.15) is 0 Å². The van der Waals surface area contributed by atoms with Crippen molar-refractivity contribution in [2.45, 2.75) is 26.3 Å². The van der Waals surface area contributed by atoms with Crippen LogP contribution in [-0.2, 0) is 23.2 Å². The molecule has 8 heteroatoms. The van der Waals surface area contributed by atoms with E-state index in [0.717, 1.165) is 6.42 Å². The molecule has 0 aromatic rings. The second-order valence-corrected chi connectivity index (χ2v) is 7.11. The molecule has 1 atom stereocenters. The Bertz CT molecular complexity index is 495. The van der Waals surface area contributed by atoms with Crippen molar-refractivity contribution >= 4 is 24.9 Å². The standard InChI is InChI=1S/C13H21N2O5P/c1-3-19-21(18,20-4-2)9-8-15-7-5-6-14-10-11(15)13(17)12(10)16/h11H,3-9H2,1-2H3. The van der Waals surface area contributed by atoms with Crippen molar-refractivity contribution < 1.29 is 23.2 Å². The molecule has 7 nitrogen and oxygen atoms in total. The fourth-order valence-electron chi connectivity index (χ4n) is 2.57. The van der Waals surface area contributed by atoms with Crippen molar-refractivity contribution in [2.24, 2.45) is 4.99 Å². The summed E-state index contributed by atoms with van der Waals surface area (Å²) in [7, 11) is -3.14. The smallest absolute Gasteiger partial charge is 0.309 e. The van der Waals surface area contributed by atoms with Crippen LogP contribution in [0.25, 0.3) is 0 Å². The maximum Gasteiger partial charge on any atom is 0.331 e. The molecule has 0 amide bonds. The van der Waals surface area contributed by atoms with Crippen LogP contribution >= 0.6 is 7.60 Å². The third kappa shape index (κ3) is 3.48. The van der Waals surface area contributed by atoms with Crippen LogP contribution in [0.3, 0.4) is 0 Å². The lowest BCUT2D eigenvalue weighted by atomic mass is 9.85. The van der Waals surface area contributed by atoms with Gasteiger partial charge in [-0.3, -0.25) is 24.0 Å². The first-order chi connectivity index (χ1) is 10.0. The van der Waals surface area contributed by atoms with E-state index in [4.69, 9.17) is 9.05 Å². The Kier molecular flexibility index (Phi) is 5.43. The molecule has 0 aromatic carbocycles. The van der Waals surface area contributed by atoms with E-state index in [9.17, 15) is 14.2 Å². The molecule has 2 aliphatic rings. The van der Waals surface area contributed by atoms with Crippen LogP contribution in [0.1, 0.15) is 20.3 Å². The molecule has 0 spiro atoms. The van der Waals surface area contributed by atoms with Crippen LogP contribution in [0.5, 0.6) is 0 Å². The molecule has 1 saturated carbocycles. The fourth-order valence-corrected chi connectivity index (χ4v) is 4.19. The molecule has 21 heavy (non-hydrogen) atoms.